The van der Waals surface area contributed by atoms with Crippen LogP contribution >= 0.6 is 0 Å². The highest BCUT2D eigenvalue weighted by Crippen LogP contribution is 2.40. The lowest BCUT2D eigenvalue weighted by Crippen LogP contribution is -2.44. The molecule has 1 atom stereocenters. The summed E-state index contributed by atoms with van der Waals surface area (Å²) >= 11 is 0. The third-order valence-corrected chi connectivity index (χ3v) is 9.16. The van der Waals surface area contributed by atoms with Crippen LogP contribution in [0, 0.1) is 10.8 Å². The molecule has 1 aromatic carbocycles. The fraction of sp³-hybridized carbons (Fsp3) is 0.618. The third kappa shape index (κ3) is 9.00. The Balaban J connectivity index is 1.11. The average Bonchev–Trinajstić information content (AvgIpc) is 3.75. The standard InChI is InChI=1S/C34H51N7O2/c1-33(2,3)25-40-18-10-34(11-19-40)9-17-39(26-34)15-6-16-41-20-14-35-30(41)23-29(32-36-12-13-37-32)38-24-28-8-5-7-27(21-28)22-31(42)43-4/h5,7-8,12-14,20-21,29,38H,6,9-11,15-19,22-26H2,1-4H3,(H,36,37). The van der Waals surface area contributed by atoms with Crippen molar-refractivity contribution >= 4 is 5.97 Å². The Labute approximate surface area is 257 Å². The molecule has 2 N–H and O–H groups in total. The van der Waals surface area contributed by atoms with Gasteiger partial charge >= 0.3 is 5.97 Å². The second kappa shape index (κ2) is 14.2. The van der Waals surface area contributed by atoms with E-state index >= 15 is 0 Å². The van der Waals surface area contributed by atoms with Gasteiger partial charge in [-0.25, -0.2) is 9.97 Å². The first-order valence-electron chi connectivity index (χ1n) is 16.0. The maximum absolute atomic E-state index is 11.7. The fourth-order valence-electron chi connectivity index (χ4n) is 6.93. The number of ether oxygens (including phenoxy) is 1. The van der Waals surface area contributed by atoms with Gasteiger partial charge in [-0.1, -0.05) is 45.0 Å². The summed E-state index contributed by atoms with van der Waals surface area (Å²) in [4.78, 5) is 29.7. The van der Waals surface area contributed by atoms with Gasteiger partial charge in [0.05, 0.1) is 19.6 Å². The summed E-state index contributed by atoms with van der Waals surface area (Å²) < 4.78 is 7.14. The van der Waals surface area contributed by atoms with Crippen molar-refractivity contribution in [2.45, 2.75) is 78.4 Å². The monoisotopic (exact) mass is 589 g/mol. The first-order valence-corrected chi connectivity index (χ1v) is 16.0. The van der Waals surface area contributed by atoms with Crippen LogP contribution < -0.4 is 5.32 Å². The van der Waals surface area contributed by atoms with Crippen LogP contribution in [0.1, 0.15) is 75.3 Å². The number of rotatable bonds is 13. The van der Waals surface area contributed by atoms with Gasteiger partial charge < -0.3 is 29.4 Å². The number of aromatic amines is 1. The van der Waals surface area contributed by atoms with E-state index in [1.807, 2.05) is 24.5 Å². The number of likely N-dealkylation sites (tertiary alicyclic amines) is 2. The number of piperidine rings is 1. The van der Waals surface area contributed by atoms with Crippen LogP contribution in [0.3, 0.4) is 0 Å². The van der Waals surface area contributed by atoms with Gasteiger partial charge in [0.1, 0.15) is 11.6 Å². The Bertz CT molecular complexity index is 1290. The minimum Gasteiger partial charge on any atom is -0.469 e. The highest BCUT2D eigenvalue weighted by molar-refractivity contribution is 5.72. The molecular weight excluding hydrogens is 538 g/mol. The zero-order chi connectivity index (χ0) is 30.3. The van der Waals surface area contributed by atoms with Gasteiger partial charge in [-0.15, -0.1) is 0 Å². The highest BCUT2D eigenvalue weighted by Gasteiger charge is 2.40. The van der Waals surface area contributed by atoms with E-state index in [1.54, 1.807) is 6.20 Å². The van der Waals surface area contributed by atoms with Crippen LogP contribution in [0.4, 0.5) is 0 Å². The molecule has 0 saturated carbocycles. The van der Waals surface area contributed by atoms with Crippen LogP contribution in [-0.4, -0.2) is 81.7 Å². The van der Waals surface area contributed by atoms with Gasteiger partial charge in [0.15, 0.2) is 0 Å². The summed E-state index contributed by atoms with van der Waals surface area (Å²) in [5, 5.41) is 3.67. The first-order chi connectivity index (χ1) is 20.7. The van der Waals surface area contributed by atoms with E-state index in [2.05, 4.69) is 68.8 Å². The van der Waals surface area contributed by atoms with Gasteiger partial charge in [0.25, 0.3) is 0 Å². The first kappa shape index (κ1) is 31.4. The normalized spacial score (nSPS) is 18.3. The molecule has 2 aliphatic heterocycles. The van der Waals surface area contributed by atoms with Crippen molar-refractivity contribution in [3.63, 3.8) is 0 Å². The number of nitrogens with one attached hydrogen (secondary N) is 2. The zero-order valence-electron chi connectivity index (χ0n) is 26.6. The minimum absolute atomic E-state index is 0.0111. The number of carbonyl (C=O) groups is 1. The van der Waals surface area contributed by atoms with E-state index in [9.17, 15) is 4.79 Å². The third-order valence-electron chi connectivity index (χ3n) is 9.16. The summed E-state index contributed by atoms with van der Waals surface area (Å²) in [6.07, 6.45) is 13.9. The second-order valence-corrected chi connectivity index (χ2v) is 13.9. The molecule has 2 aromatic heterocycles. The quantitative estimate of drug-likeness (QED) is 0.281. The molecule has 4 heterocycles. The summed E-state index contributed by atoms with van der Waals surface area (Å²) in [5.41, 5.74) is 2.98. The smallest absolute Gasteiger partial charge is 0.309 e. The van der Waals surface area contributed by atoms with E-state index in [1.165, 1.54) is 59.1 Å². The number of esters is 1. The summed E-state index contributed by atoms with van der Waals surface area (Å²) in [7, 11) is 1.42. The molecule has 3 aromatic rings. The fourth-order valence-corrected chi connectivity index (χ4v) is 6.93. The summed E-state index contributed by atoms with van der Waals surface area (Å²) in [6.45, 7) is 16.1. The predicted molar refractivity (Wildman–Crippen MR) is 169 cm³/mol. The van der Waals surface area contributed by atoms with Crippen molar-refractivity contribution in [2.24, 2.45) is 10.8 Å². The van der Waals surface area contributed by atoms with Gasteiger partial charge in [0, 0.05) is 57.4 Å². The van der Waals surface area contributed by atoms with E-state index in [-0.39, 0.29) is 18.4 Å². The van der Waals surface area contributed by atoms with E-state index in [4.69, 9.17) is 9.72 Å². The average molecular weight is 590 g/mol. The van der Waals surface area contributed by atoms with Crippen LogP contribution in [0.2, 0.25) is 0 Å². The number of H-pyrrole nitrogens is 1. The van der Waals surface area contributed by atoms with Crippen molar-refractivity contribution in [3.8, 4) is 0 Å². The molecule has 2 fully saturated rings. The molecule has 2 saturated heterocycles. The molecule has 5 rings (SSSR count). The van der Waals surface area contributed by atoms with Crippen molar-refractivity contribution < 1.29 is 9.53 Å². The van der Waals surface area contributed by atoms with Gasteiger partial charge in [-0.05, 0) is 73.8 Å². The van der Waals surface area contributed by atoms with E-state index in [0.29, 0.717) is 17.4 Å². The lowest BCUT2D eigenvalue weighted by atomic mass is 9.77. The Kier molecular flexibility index (Phi) is 10.4. The van der Waals surface area contributed by atoms with Gasteiger partial charge in [0.2, 0.25) is 0 Å². The Morgan fingerprint density at radius 1 is 1.07 bits per heavy atom. The van der Waals surface area contributed by atoms with Crippen LogP contribution in [0.15, 0.2) is 49.1 Å². The Hall–Kier alpha value is -3.01. The van der Waals surface area contributed by atoms with Crippen LogP contribution in [0.5, 0.6) is 0 Å². The number of benzene rings is 1. The topological polar surface area (TPSA) is 91.3 Å². The molecule has 9 heteroatoms. The molecule has 0 radical (unpaired) electrons. The number of aromatic nitrogens is 4. The minimum atomic E-state index is -0.230. The number of imidazole rings is 2. The van der Waals surface area contributed by atoms with Crippen LogP contribution in [-0.2, 0) is 35.5 Å². The molecule has 1 unspecified atom stereocenters. The molecule has 9 nitrogen and oxygen atoms in total. The van der Waals surface area contributed by atoms with Crippen molar-refractivity contribution in [3.05, 3.63) is 71.8 Å². The SMILES string of the molecule is COC(=O)Cc1cccc(CNC(Cc2nccn2CCCN2CCC3(CCN(CC(C)(C)C)CC3)C2)c2ncc[nH]2)c1. The molecular formula is C34H51N7O2. The Morgan fingerprint density at radius 2 is 1.84 bits per heavy atom. The summed E-state index contributed by atoms with van der Waals surface area (Å²) in [5.74, 6) is 1.74. The Morgan fingerprint density at radius 3 is 2.56 bits per heavy atom. The maximum Gasteiger partial charge on any atom is 0.309 e. The highest BCUT2D eigenvalue weighted by atomic mass is 16.5. The lowest BCUT2D eigenvalue weighted by Gasteiger charge is -2.41. The second-order valence-electron chi connectivity index (χ2n) is 13.9. The van der Waals surface area contributed by atoms with E-state index in [0.717, 1.165) is 48.7 Å². The lowest BCUT2D eigenvalue weighted by molar-refractivity contribution is -0.139. The molecule has 0 amide bonds. The number of nitrogens with zero attached hydrogens (tertiary/aromatic N) is 5. The van der Waals surface area contributed by atoms with Gasteiger partial charge in [-0.2, -0.15) is 0 Å². The van der Waals surface area contributed by atoms with Crippen molar-refractivity contribution in [1.82, 2.24) is 34.6 Å². The molecule has 0 bridgehead atoms. The van der Waals surface area contributed by atoms with Gasteiger partial charge in [-0.3, -0.25) is 4.79 Å². The summed E-state index contributed by atoms with van der Waals surface area (Å²) in [6, 6.07) is 8.07. The van der Waals surface area contributed by atoms with Crippen LogP contribution in [0.25, 0.3) is 0 Å². The molecule has 0 aliphatic carbocycles. The molecule has 43 heavy (non-hydrogen) atoms. The largest absolute Gasteiger partial charge is 0.469 e. The molecule has 2 aliphatic rings. The maximum atomic E-state index is 11.7. The number of carbonyl (C=O) groups excluding carboxylic acids is 1. The number of hydrogen-bond acceptors (Lipinski definition) is 7. The molecule has 234 valence electrons. The zero-order valence-corrected chi connectivity index (χ0v) is 26.6. The number of hydrogen-bond donors (Lipinski definition) is 2. The number of aryl methyl sites for hydroxylation is 1. The number of methoxy groups -OCH3 is 1. The van der Waals surface area contributed by atoms with Crippen molar-refractivity contribution in [2.75, 3.05) is 46.4 Å². The van der Waals surface area contributed by atoms with Crippen molar-refractivity contribution in [1.29, 1.82) is 0 Å². The molecule has 1 spiro atoms. The predicted octanol–water partition coefficient (Wildman–Crippen LogP) is 4.62. The van der Waals surface area contributed by atoms with E-state index < -0.39 is 0 Å².